The number of imide groups is 1. The third-order valence-electron chi connectivity index (χ3n) is 4.45. The van der Waals surface area contributed by atoms with E-state index in [1.165, 1.54) is 13.2 Å². The summed E-state index contributed by atoms with van der Waals surface area (Å²) in [6, 6.07) is 10.3. The third kappa shape index (κ3) is 4.13. The molecule has 0 saturated heterocycles. The summed E-state index contributed by atoms with van der Waals surface area (Å²) in [7, 11) is 1.47. The molecular formula is C21H16Cl2N2O4. The fourth-order valence-electron chi connectivity index (χ4n) is 2.92. The lowest BCUT2D eigenvalue weighted by Gasteiger charge is -2.26. The number of halogens is 2. The molecule has 1 aromatic heterocycles. The highest BCUT2D eigenvalue weighted by Crippen LogP contribution is 2.33. The van der Waals surface area contributed by atoms with Crippen molar-refractivity contribution in [3.63, 3.8) is 0 Å². The van der Waals surface area contributed by atoms with Gasteiger partial charge < -0.3 is 9.15 Å². The highest BCUT2D eigenvalue weighted by Gasteiger charge is 2.35. The smallest absolute Gasteiger partial charge is 0.271 e. The van der Waals surface area contributed by atoms with Gasteiger partial charge in [-0.1, -0.05) is 23.2 Å². The molecule has 148 valence electrons. The average molecular weight is 431 g/mol. The van der Waals surface area contributed by atoms with E-state index >= 15 is 0 Å². The lowest BCUT2D eigenvalue weighted by Crippen LogP contribution is -2.44. The number of furan rings is 1. The maximum absolute atomic E-state index is 12.9. The molecule has 0 atom stereocenters. The Morgan fingerprint density at radius 2 is 1.97 bits per heavy atom. The minimum absolute atomic E-state index is 0.0471. The van der Waals surface area contributed by atoms with E-state index in [1.54, 1.807) is 37.3 Å². The monoisotopic (exact) mass is 430 g/mol. The quantitative estimate of drug-likeness (QED) is 0.515. The van der Waals surface area contributed by atoms with Crippen LogP contribution in [0.2, 0.25) is 10.0 Å². The molecule has 1 aliphatic heterocycles. The number of hydrogen-bond acceptors (Lipinski definition) is 5. The Bertz CT molecular complexity index is 1090. The van der Waals surface area contributed by atoms with E-state index in [9.17, 15) is 14.9 Å². The van der Waals surface area contributed by atoms with Gasteiger partial charge in [0.2, 0.25) is 0 Å². The molecule has 0 saturated carbocycles. The largest absolute Gasteiger partial charge is 0.457 e. The van der Waals surface area contributed by atoms with E-state index in [0.29, 0.717) is 32.7 Å². The van der Waals surface area contributed by atoms with Crippen molar-refractivity contribution in [1.82, 2.24) is 4.90 Å². The van der Waals surface area contributed by atoms with Crippen molar-refractivity contribution in [2.45, 2.75) is 6.92 Å². The molecule has 2 heterocycles. The van der Waals surface area contributed by atoms with Gasteiger partial charge in [-0.05, 0) is 48.9 Å². The molecule has 3 rings (SSSR count). The topological polar surface area (TPSA) is 83.5 Å². The minimum Gasteiger partial charge on any atom is -0.457 e. The molecule has 8 heteroatoms. The molecule has 0 spiro atoms. The van der Waals surface area contributed by atoms with Crippen LogP contribution in [0.5, 0.6) is 0 Å². The molecule has 6 nitrogen and oxygen atoms in total. The number of amides is 2. The van der Waals surface area contributed by atoms with Crippen LogP contribution < -0.4 is 0 Å². The minimum atomic E-state index is -0.630. The second-order valence-electron chi connectivity index (χ2n) is 6.25. The van der Waals surface area contributed by atoms with Crippen LogP contribution in [0.15, 0.2) is 51.5 Å². The van der Waals surface area contributed by atoms with Crippen LogP contribution in [0.3, 0.4) is 0 Å². The fraction of sp³-hybridized carbons (Fsp3) is 0.190. The van der Waals surface area contributed by atoms with E-state index in [4.69, 9.17) is 32.4 Å². The summed E-state index contributed by atoms with van der Waals surface area (Å²) in [5.41, 5.74) is 1.03. The van der Waals surface area contributed by atoms with Crippen LogP contribution >= 0.6 is 23.2 Å². The van der Waals surface area contributed by atoms with Crippen LogP contribution in [0.25, 0.3) is 17.4 Å². The van der Waals surface area contributed by atoms with Gasteiger partial charge in [0, 0.05) is 23.3 Å². The summed E-state index contributed by atoms with van der Waals surface area (Å²) in [6.07, 6.45) is 1.50. The van der Waals surface area contributed by atoms with Crippen molar-refractivity contribution in [1.29, 1.82) is 5.26 Å². The summed E-state index contributed by atoms with van der Waals surface area (Å²) in [5.74, 6) is -0.295. The molecule has 0 radical (unpaired) electrons. The zero-order valence-corrected chi connectivity index (χ0v) is 17.2. The highest BCUT2D eigenvalue weighted by atomic mass is 35.5. The number of ether oxygens (including phenoxy) is 1. The third-order valence-corrected chi connectivity index (χ3v) is 5.02. The number of carbonyl (C=O) groups is 2. The predicted molar refractivity (Wildman–Crippen MR) is 109 cm³/mol. The van der Waals surface area contributed by atoms with Crippen LogP contribution in [0.1, 0.15) is 12.7 Å². The Morgan fingerprint density at radius 3 is 2.66 bits per heavy atom. The summed E-state index contributed by atoms with van der Waals surface area (Å²) in [6.45, 7) is 1.78. The van der Waals surface area contributed by atoms with Crippen LogP contribution in [-0.2, 0) is 14.3 Å². The molecule has 0 fully saturated rings. The highest BCUT2D eigenvalue weighted by molar-refractivity contribution is 6.35. The number of rotatable bonds is 5. The number of benzene rings is 1. The number of nitrogens with zero attached hydrogens (tertiary/aromatic N) is 2. The zero-order chi connectivity index (χ0) is 21.1. The van der Waals surface area contributed by atoms with Crippen molar-refractivity contribution in [3.05, 3.63) is 62.9 Å². The predicted octanol–water partition coefficient (Wildman–Crippen LogP) is 4.49. The lowest BCUT2D eigenvalue weighted by atomic mass is 9.95. The first-order valence-corrected chi connectivity index (χ1v) is 9.36. The normalized spacial score (nSPS) is 16.0. The first kappa shape index (κ1) is 20.9. The zero-order valence-electron chi connectivity index (χ0n) is 15.7. The summed E-state index contributed by atoms with van der Waals surface area (Å²) >= 11 is 12.2. The van der Waals surface area contributed by atoms with Gasteiger partial charge in [0.05, 0.1) is 18.2 Å². The number of nitriles is 1. The summed E-state index contributed by atoms with van der Waals surface area (Å²) in [4.78, 5) is 26.3. The number of hydrogen-bond donors (Lipinski definition) is 0. The Morgan fingerprint density at radius 1 is 1.21 bits per heavy atom. The second kappa shape index (κ2) is 8.66. The van der Waals surface area contributed by atoms with Gasteiger partial charge >= 0.3 is 0 Å². The van der Waals surface area contributed by atoms with Gasteiger partial charge in [-0.2, -0.15) is 5.26 Å². The maximum Gasteiger partial charge on any atom is 0.271 e. The van der Waals surface area contributed by atoms with E-state index in [0.717, 1.165) is 4.90 Å². The van der Waals surface area contributed by atoms with Gasteiger partial charge in [-0.3, -0.25) is 14.5 Å². The van der Waals surface area contributed by atoms with E-state index < -0.39 is 11.8 Å². The summed E-state index contributed by atoms with van der Waals surface area (Å²) < 4.78 is 10.8. The first-order valence-electron chi connectivity index (χ1n) is 8.60. The Balaban J connectivity index is 2.02. The first-order chi connectivity index (χ1) is 13.9. The van der Waals surface area contributed by atoms with E-state index in [2.05, 4.69) is 0 Å². The average Bonchev–Trinajstić information content (AvgIpc) is 3.16. The Kier molecular flexibility index (Phi) is 6.23. The van der Waals surface area contributed by atoms with Crippen molar-refractivity contribution in [3.8, 4) is 17.4 Å². The van der Waals surface area contributed by atoms with Crippen molar-refractivity contribution in [2.24, 2.45) is 0 Å². The fourth-order valence-corrected chi connectivity index (χ4v) is 3.30. The van der Waals surface area contributed by atoms with Crippen molar-refractivity contribution >= 4 is 41.1 Å². The van der Waals surface area contributed by atoms with Gasteiger partial charge in [0.15, 0.2) is 0 Å². The van der Waals surface area contributed by atoms with Crippen molar-refractivity contribution < 1.29 is 18.7 Å². The lowest BCUT2D eigenvalue weighted by molar-refractivity contribution is -0.141. The van der Waals surface area contributed by atoms with Crippen LogP contribution in [0, 0.1) is 11.3 Å². The Hall–Kier alpha value is -2.85. The van der Waals surface area contributed by atoms with Gasteiger partial charge in [-0.15, -0.1) is 0 Å². The number of methoxy groups -OCH3 is 1. The molecule has 0 unspecified atom stereocenters. The van der Waals surface area contributed by atoms with Gasteiger partial charge in [0.25, 0.3) is 11.8 Å². The Labute approximate surface area is 177 Å². The van der Waals surface area contributed by atoms with E-state index in [1.807, 2.05) is 6.07 Å². The molecule has 2 amide bonds. The molecule has 0 bridgehead atoms. The maximum atomic E-state index is 12.9. The van der Waals surface area contributed by atoms with Crippen molar-refractivity contribution in [2.75, 3.05) is 20.3 Å². The van der Waals surface area contributed by atoms with E-state index in [-0.39, 0.29) is 24.3 Å². The molecule has 0 aliphatic carbocycles. The molecule has 29 heavy (non-hydrogen) atoms. The second-order valence-corrected chi connectivity index (χ2v) is 7.09. The van der Waals surface area contributed by atoms with Crippen LogP contribution in [-0.4, -0.2) is 37.0 Å². The number of carbonyl (C=O) groups excluding carboxylic acids is 2. The van der Waals surface area contributed by atoms with Crippen LogP contribution in [0.4, 0.5) is 0 Å². The molecule has 1 aliphatic rings. The molecular weight excluding hydrogens is 415 g/mol. The SMILES string of the molecule is COCCN1C(=O)C(C#N)=C(C)/C(=C\c2ccc(-c3cc(Cl)ccc3Cl)o2)C1=O. The molecule has 0 N–H and O–H groups in total. The molecule has 1 aromatic carbocycles. The van der Waals surface area contributed by atoms with Gasteiger partial charge in [0.1, 0.15) is 23.2 Å². The summed E-state index contributed by atoms with van der Waals surface area (Å²) in [5, 5.41) is 10.4. The molecule has 2 aromatic rings. The van der Waals surface area contributed by atoms with Gasteiger partial charge in [-0.25, -0.2) is 0 Å². The standard InChI is InChI=1S/C21H16Cl2N2O4/c1-12-15(20(26)25(7-8-28-2)21(27)17(12)11-24)10-14-4-6-19(29-14)16-9-13(22)3-5-18(16)23/h3-6,9-10H,7-8H2,1-2H3/b15-10+.